The van der Waals surface area contributed by atoms with Crippen molar-refractivity contribution < 1.29 is 23.0 Å². The molecule has 3 aromatic rings. The second-order valence-corrected chi connectivity index (χ2v) is 6.67. The number of hydrogen-bond donors (Lipinski definition) is 2. The summed E-state index contributed by atoms with van der Waals surface area (Å²) in [5.74, 6) is 0.444. The third-order valence-electron chi connectivity index (χ3n) is 4.50. The van der Waals surface area contributed by atoms with E-state index in [0.717, 1.165) is 11.1 Å². The molecule has 0 spiro atoms. The lowest BCUT2D eigenvalue weighted by atomic mass is 10.1. The monoisotopic (exact) mass is 426 g/mol. The molecule has 0 bridgehead atoms. The molecular formula is C24H24F2N2O3. The number of rotatable bonds is 10. The molecule has 162 valence electrons. The Bertz CT molecular complexity index is 966. The average Bonchev–Trinajstić information content (AvgIpc) is 2.77. The average molecular weight is 426 g/mol. The molecule has 0 aliphatic heterocycles. The highest BCUT2D eigenvalue weighted by Gasteiger charge is 2.21. The Hall–Kier alpha value is -3.45. The van der Waals surface area contributed by atoms with E-state index in [4.69, 9.17) is 4.74 Å². The smallest absolute Gasteiger partial charge is 0.387 e. The number of ether oxygens (including phenoxy) is 2. The van der Waals surface area contributed by atoms with E-state index in [9.17, 15) is 13.6 Å². The van der Waals surface area contributed by atoms with E-state index in [-0.39, 0.29) is 11.7 Å². The number of anilines is 1. The molecule has 0 heterocycles. The van der Waals surface area contributed by atoms with Crippen LogP contribution in [0.5, 0.6) is 11.5 Å². The lowest BCUT2D eigenvalue weighted by Crippen LogP contribution is -2.32. The fraction of sp³-hybridized carbons (Fsp3) is 0.208. The highest BCUT2D eigenvalue weighted by atomic mass is 19.3. The van der Waals surface area contributed by atoms with Crippen LogP contribution in [-0.4, -0.2) is 19.1 Å². The fourth-order valence-corrected chi connectivity index (χ4v) is 3.07. The van der Waals surface area contributed by atoms with Crippen LogP contribution in [0.1, 0.15) is 24.1 Å². The van der Waals surface area contributed by atoms with Gasteiger partial charge in [-0.2, -0.15) is 8.78 Å². The van der Waals surface area contributed by atoms with Gasteiger partial charge in [-0.15, -0.1) is 0 Å². The normalized spacial score (nSPS) is 11.7. The van der Waals surface area contributed by atoms with Crippen molar-refractivity contribution in [2.45, 2.75) is 26.1 Å². The highest BCUT2D eigenvalue weighted by molar-refractivity contribution is 5.96. The van der Waals surface area contributed by atoms with E-state index in [2.05, 4.69) is 15.4 Å². The summed E-state index contributed by atoms with van der Waals surface area (Å²) < 4.78 is 34.6. The minimum Gasteiger partial charge on any atom is -0.492 e. The van der Waals surface area contributed by atoms with Gasteiger partial charge in [-0.25, -0.2) is 0 Å². The zero-order valence-corrected chi connectivity index (χ0v) is 17.1. The largest absolute Gasteiger partial charge is 0.492 e. The predicted molar refractivity (Wildman–Crippen MR) is 115 cm³/mol. The first kappa shape index (κ1) is 22.2. The fourth-order valence-electron chi connectivity index (χ4n) is 3.07. The van der Waals surface area contributed by atoms with Crippen LogP contribution >= 0.6 is 0 Å². The molecule has 0 aromatic heterocycles. The van der Waals surface area contributed by atoms with Crippen molar-refractivity contribution in [1.29, 1.82) is 0 Å². The predicted octanol–water partition coefficient (Wildman–Crippen LogP) is 5.16. The van der Waals surface area contributed by atoms with Crippen LogP contribution in [0.4, 0.5) is 14.5 Å². The van der Waals surface area contributed by atoms with Gasteiger partial charge in [0, 0.05) is 6.54 Å². The Labute approximate surface area is 180 Å². The molecule has 0 fully saturated rings. The van der Waals surface area contributed by atoms with Gasteiger partial charge in [0.2, 0.25) is 5.91 Å². The van der Waals surface area contributed by atoms with Crippen molar-refractivity contribution in [3.05, 3.63) is 90.0 Å². The van der Waals surface area contributed by atoms with Crippen LogP contribution in [-0.2, 0) is 11.3 Å². The number of halogens is 2. The van der Waals surface area contributed by atoms with Gasteiger partial charge in [0.1, 0.15) is 17.5 Å². The Morgan fingerprint density at radius 2 is 1.61 bits per heavy atom. The molecule has 1 atom stereocenters. The first-order valence-electron chi connectivity index (χ1n) is 9.91. The lowest BCUT2D eigenvalue weighted by Gasteiger charge is -2.20. The molecule has 31 heavy (non-hydrogen) atoms. The number of benzene rings is 3. The molecule has 0 radical (unpaired) electrons. The van der Waals surface area contributed by atoms with Crippen LogP contribution in [0.25, 0.3) is 0 Å². The highest BCUT2D eigenvalue weighted by Crippen LogP contribution is 2.25. The van der Waals surface area contributed by atoms with Crippen LogP contribution in [0.15, 0.2) is 78.9 Å². The molecule has 3 rings (SSSR count). The van der Waals surface area contributed by atoms with Crippen molar-refractivity contribution in [1.82, 2.24) is 5.32 Å². The summed E-state index contributed by atoms with van der Waals surface area (Å²) in [4.78, 5) is 13.1. The standard InChI is InChI=1S/C24H24F2N2O3/c1-2-30-21-11-7-6-10-20(21)28-23(29)22(18-8-4-3-5-9-18)27-16-17-12-14-19(15-13-17)31-24(25)26/h3-15,22,24,27H,2,16H2,1H3,(H,28,29)/t22-/m1/s1. The minimum absolute atomic E-state index is 0.0867. The summed E-state index contributed by atoms with van der Waals surface area (Å²) in [5.41, 5.74) is 2.21. The number of nitrogens with one attached hydrogen (secondary N) is 2. The lowest BCUT2D eigenvalue weighted by molar-refractivity contribution is -0.118. The van der Waals surface area contributed by atoms with Crippen LogP contribution < -0.4 is 20.1 Å². The number of hydrogen-bond acceptors (Lipinski definition) is 4. The van der Waals surface area contributed by atoms with Gasteiger partial charge in [0.25, 0.3) is 0 Å². The van der Waals surface area contributed by atoms with Gasteiger partial charge in [0.15, 0.2) is 0 Å². The Balaban J connectivity index is 1.74. The van der Waals surface area contributed by atoms with Crippen LogP contribution in [0, 0.1) is 0 Å². The molecule has 1 amide bonds. The summed E-state index contributed by atoms with van der Waals surface area (Å²) >= 11 is 0. The third kappa shape index (κ3) is 6.52. The molecule has 7 heteroatoms. The zero-order valence-electron chi connectivity index (χ0n) is 17.1. The van der Waals surface area contributed by atoms with Crippen molar-refractivity contribution in [2.24, 2.45) is 0 Å². The van der Waals surface area contributed by atoms with Gasteiger partial charge >= 0.3 is 6.61 Å². The summed E-state index contributed by atoms with van der Waals surface area (Å²) in [6.45, 7) is -0.146. The SMILES string of the molecule is CCOc1ccccc1NC(=O)[C@H](NCc1ccc(OC(F)F)cc1)c1ccccc1. The first-order valence-corrected chi connectivity index (χ1v) is 9.91. The van der Waals surface area contributed by atoms with Crippen molar-refractivity contribution in [2.75, 3.05) is 11.9 Å². The van der Waals surface area contributed by atoms with Gasteiger partial charge in [-0.3, -0.25) is 10.1 Å². The molecule has 0 saturated heterocycles. The Kier molecular flexibility index (Phi) is 7.95. The number of carbonyl (C=O) groups excluding carboxylic acids is 1. The second-order valence-electron chi connectivity index (χ2n) is 6.67. The first-order chi connectivity index (χ1) is 15.1. The maximum atomic E-state index is 13.1. The molecule has 0 aliphatic carbocycles. The quantitative estimate of drug-likeness (QED) is 0.470. The number of alkyl halides is 2. The summed E-state index contributed by atoms with van der Waals surface area (Å²) in [7, 11) is 0. The van der Waals surface area contributed by atoms with Gasteiger partial charge in [-0.1, -0.05) is 54.6 Å². The number of carbonyl (C=O) groups is 1. The van der Waals surface area contributed by atoms with E-state index < -0.39 is 12.7 Å². The van der Waals surface area contributed by atoms with E-state index in [0.29, 0.717) is 24.6 Å². The van der Waals surface area contributed by atoms with Gasteiger partial charge < -0.3 is 14.8 Å². The summed E-state index contributed by atoms with van der Waals surface area (Å²) in [5, 5.41) is 6.17. The Morgan fingerprint density at radius 1 is 0.935 bits per heavy atom. The number of amides is 1. The zero-order chi connectivity index (χ0) is 22.1. The third-order valence-corrected chi connectivity index (χ3v) is 4.50. The van der Waals surface area contributed by atoms with E-state index in [1.807, 2.05) is 49.4 Å². The van der Waals surface area contributed by atoms with Crippen molar-refractivity contribution in [3.63, 3.8) is 0 Å². The topological polar surface area (TPSA) is 59.6 Å². The summed E-state index contributed by atoms with van der Waals surface area (Å²) in [6, 6.07) is 22.3. The maximum Gasteiger partial charge on any atom is 0.387 e. The maximum absolute atomic E-state index is 13.1. The van der Waals surface area contributed by atoms with Gasteiger partial charge in [-0.05, 0) is 42.3 Å². The molecule has 5 nitrogen and oxygen atoms in total. The molecule has 0 saturated carbocycles. The number of para-hydroxylation sites is 2. The van der Waals surface area contributed by atoms with E-state index >= 15 is 0 Å². The molecule has 0 aliphatic rings. The molecular weight excluding hydrogens is 402 g/mol. The second kappa shape index (κ2) is 11.1. The summed E-state index contributed by atoms with van der Waals surface area (Å²) in [6.07, 6.45) is 0. The minimum atomic E-state index is -2.87. The van der Waals surface area contributed by atoms with E-state index in [1.165, 1.54) is 12.1 Å². The molecule has 3 aromatic carbocycles. The van der Waals surface area contributed by atoms with E-state index in [1.54, 1.807) is 24.3 Å². The van der Waals surface area contributed by atoms with Crippen LogP contribution in [0.2, 0.25) is 0 Å². The molecule has 0 unspecified atom stereocenters. The van der Waals surface area contributed by atoms with Gasteiger partial charge in [0.05, 0.1) is 12.3 Å². The van der Waals surface area contributed by atoms with Crippen molar-refractivity contribution in [3.8, 4) is 11.5 Å². The Morgan fingerprint density at radius 3 is 2.29 bits per heavy atom. The molecule has 2 N–H and O–H groups in total. The van der Waals surface area contributed by atoms with Crippen LogP contribution in [0.3, 0.4) is 0 Å². The van der Waals surface area contributed by atoms with Crippen molar-refractivity contribution >= 4 is 11.6 Å².